The van der Waals surface area contributed by atoms with Crippen molar-refractivity contribution in [2.24, 2.45) is 5.92 Å². The van der Waals surface area contributed by atoms with Crippen molar-refractivity contribution in [3.8, 4) is 0 Å². The van der Waals surface area contributed by atoms with E-state index < -0.39 is 0 Å². The first kappa shape index (κ1) is 9.03. The Kier molecular flexibility index (Phi) is 3.57. The molecule has 1 fully saturated rings. The highest BCUT2D eigenvalue weighted by molar-refractivity contribution is 5.80. The summed E-state index contributed by atoms with van der Waals surface area (Å²) in [7, 11) is 0. The fourth-order valence-corrected chi connectivity index (χ4v) is 0.951. The van der Waals surface area contributed by atoms with E-state index in [1.54, 1.807) is 0 Å². The lowest BCUT2D eigenvalue weighted by molar-refractivity contribution is -0.122. The van der Waals surface area contributed by atoms with E-state index in [1.807, 2.05) is 0 Å². The summed E-state index contributed by atoms with van der Waals surface area (Å²) in [6, 6.07) is 0. The lowest BCUT2D eigenvalue weighted by atomic mass is 10.3. The van der Waals surface area contributed by atoms with Crippen molar-refractivity contribution in [1.82, 2.24) is 10.6 Å². The zero-order chi connectivity index (χ0) is 8.81. The third kappa shape index (κ3) is 3.37. The molecule has 68 valence electrons. The van der Waals surface area contributed by atoms with Gasteiger partial charge in [0.25, 0.3) is 0 Å². The van der Waals surface area contributed by atoms with Crippen LogP contribution >= 0.6 is 0 Å². The second-order valence-electron chi connectivity index (χ2n) is 2.99. The van der Waals surface area contributed by atoms with Crippen LogP contribution in [0.2, 0.25) is 0 Å². The molecule has 0 aromatic rings. The first-order valence-corrected chi connectivity index (χ1v) is 4.29. The molecule has 0 bridgehead atoms. The van der Waals surface area contributed by atoms with Crippen LogP contribution in [0.4, 0.5) is 0 Å². The van der Waals surface area contributed by atoms with Gasteiger partial charge < -0.3 is 10.6 Å². The number of rotatable bonds is 6. The molecule has 2 N–H and O–H groups in total. The van der Waals surface area contributed by atoms with Crippen LogP contribution in [0.25, 0.3) is 0 Å². The highest BCUT2D eigenvalue weighted by Crippen LogP contribution is 2.28. The molecule has 1 saturated carbocycles. The molecule has 4 heteroatoms. The van der Waals surface area contributed by atoms with Crippen LogP contribution < -0.4 is 10.6 Å². The fraction of sp³-hybridized carbons (Fsp3) is 0.750. The Morgan fingerprint density at radius 1 is 1.42 bits per heavy atom. The highest BCUT2D eigenvalue weighted by atomic mass is 16.2. The molecule has 1 rings (SSSR count). The van der Waals surface area contributed by atoms with E-state index in [0.29, 0.717) is 19.5 Å². The summed E-state index contributed by atoms with van der Waals surface area (Å²) in [4.78, 5) is 20.9. The van der Waals surface area contributed by atoms with Crippen molar-refractivity contribution >= 4 is 12.3 Å². The maximum Gasteiger partial charge on any atom is 0.223 e. The minimum atomic E-state index is 0.168. The minimum absolute atomic E-state index is 0.168. The summed E-state index contributed by atoms with van der Waals surface area (Å²) in [6.45, 7) is 1.30. The lowest BCUT2D eigenvalue weighted by Crippen LogP contribution is -2.28. The normalized spacial score (nSPS) is 15.3. The van der Waals surface area contributed by atoms with E-state index in [2.05, 4.69) is 10.6 Å². The van der Waals surface area contributed by atoms with Gasteiger partial charge in [-0.15, -0.1) is 0 Å². The Labute approximate surface area is 71.7 Å². The number of hydrogen-bond donors (Lipinski definition) is 2. The number of carbonyl (C=O) groups is 2. The van der Waals surface area contributed by atoms with Crippen molar-refractivity contribution in [3.63, 3.8) is 0 Å². The quantitative estimate of drug-likeness (QED) is 0.423. The molecule has 0 aromatic carbocycles. The molecule has 4 nitrogen and oxygen atoms in total. The maximum absolute atomic E-state index is 11.0. The van der Waals surface area contributed by atoms with Crippen LogP contribution in [0, 0.1) is 5.92 Å². The molecule has 0 aliphatic heterocycles. The van der Waals surface area contributed by atoms with Crippen LogP contribution in [0.3, 0.4) is 0 Å². The molecule has 0 heterocycles. The topological polar surface area (TPSA) is 58.2 Å². The van der Waals surface area contributed by atoms with Gasteiger partial charge in [0.1, 0.15) is 0 Å². The average Bonchev–Trinajstić information content (AvgIpc) is 2.86. The van der Waals surface area contributed by atoms with Gasteiger partial charge in [0.15, 0.2) is 0 Å². The molecule has 2 amide bonds. The van der Waals surface area contributed by atoms with Gasteiger partial charge >= 0.3 is 0 Å². The number of hydrogen-bond acceptors (Lipinski definition) is 2. The smallest absolute Gasteiger partial charge is 0.223 e. The molecular weight excluding hydrogens is 156 g/mol. The number of carbonyl (C=O) groups excluding carboxylic acids is 2. The molecule has 0 saturated heterocycles. The molecule has 0 spiro atoms. The monoisotopic (exact) mass is 170 g/mol. The molecule has 0 radical (unpaired) electrons. The van der Waals surface area contributed by atoms with Crippen LogP contribution in [0.1, 0.15) is 19.3 Å². The van der Waals surface area contributed by atoms with Crippen molar-refractivity contribution in [2.45, 2.75) is 19.3 Å². The summed E-state index contributed by atoms with van der Waals surface area (Å²) in [5.41, 5.74) is 0. The Balaban J connectivity index is 1.87. The van der Waals surface area contributed by atoms with Crippen molar-refractivity contribution in [1.29, 1.82) is 0 Å². The van der Waals surface area contributed by atoms with E-state index >= 15 is 0 Å². The van der Waals surface area contributed by atoms with E-state index in [1.165, 1.54) is 0 Å². The number of amides is 2. The Morgan fingerprint density at radius 3 is 2.75 bits per heavy atom. The molecule has 1 aliphatic rings. The van der Waals surface area contributed by atoms with Gasteiger partial charge in [0.05, 0.1) is 0 Å². The summed E-state index contributed by atoms with van der Waals surface area (Å²) in [5, 5.41) is 5.34. The standard InChI is InChI=1S/C8H14N2O2/c11-6-9-4-1-5-10-8(12)7-2-3-7/h6-7H,1-5H2,(H,9,11)(H,10,12). The first-order valence-electron chi connectivity index (χ1n) is 4.29. The van der Waals surface area contributed by atoms with E-state index in [0.717, 1.165) is 19.3 Å². The molecular formula is C8H14N2O2. The lowest BCUT2D eigenvalue weighted by Gasteiger charge is -2.02. The fourth-order valence-electron chi connectivity index (χ4n) is 0.951. The maximum atomic E-state index is 11.0. The largest absolute Gasteiger partial charge is 0.359 e. The van der Waals surface area contributed by atoms with Gasteiger partial charge in [-0.3, -0.25) is 9.59 Å². The third-order valence-electron chi connectivity index (χ3n) is 1.83. The predicted molar refractivity (Wildman–Crippen MR) is 44.4 cm³/mol. The SMILES string of the molecule is O=CNCCCNC(=O)C1CC1. The second-order valence-corrected chi connectivity index (χ2v) is 2.99. The Morgan fingerprint density at radius 2 is 2.17 bits per heavy atom. The van der Waals surface area contributed by atoms with E-state index in [9.17, 15) is 9.59 Å². The molecule has 0 atom stereocenters. The van der Waals surface area contributed by atoms with Crippen LogP contribution in [0.15, 0.2) is 0 Å². The second kappa shape index (κ2) is 4.74. The zero-order valence-electron chi connectivity index (χ0n) is 7.01. The van der Waals surface area contributed by atoms with Gasteiger partial charge in [-0.05, 0) is 19.3 Å². The summed E-state index contributed by atoms with van der Waals surface area (Å²) in [5.74, 6) is 0.449. The van der Waals surface area contributed by atoms with Crippen LogP contribution in [-0.4, -0.2) is 25.4 Å². The summed E-state index contributed by atoms with van der Waals surface area (Å²) >= 11 is 0. The summed E-state index contributed by atoms with van der Waals surface area (Å²) in [6.07, 6.45) is 3.55. The minimum Gasteiger partial charge on any atom is -0.359 e. The summed E-state index contributed by atoms with van der Waals surface area (Å²) < 4.78 is 0. The number of nitrogens with one attached hydrogen (secondary N) is 2. The third-order valence-corrected chi connectivity index (χ3v) is 1.83. The van der Waals surface area contributed by atoms with Gasteiger partial charge in [-0.2, -0.15) is 0 Å². The van der Waals surface area contributed by atoms with Gasteiger partial charge in [-0.1, -0.05) is 0 Å². The zero-order valence-corrected chi connectivity index (χ0v) is 7.01. The highest BCUT2D eigenvalue weighted by Gasteiger charge is 2.28. The van der Waals surface area contributed by atoms with Crippen molar-refractivity contribution < 1.29 is 9.59 Å². The van der Waals surface area contributed by atoms with E-state index in [-0.39, 0.29) is 11.8 Å². The predicted octanol–water partition coefficient (Wildman–Crippen LogP) is -0.351. The molecule has 0 aromatic heterocycles. The Hall–Kier alpha value is -1.06. The van der Waals surface area contributed by atoms with Gasteiger partial charge in [0.2, 0.25) is 12.3 Å². The average molecular weight is 170 g/mol. The molecule has 1 aliphatic carbocycles. The van der Waals surface area contributed by atoms with Gasteiger partial charge in [-0.25, -0.2) is 0 Å². The van der Waals surface area contributed by atoms with Crippen molar-refractivity contribution in [2.75, 3.05) is 13.1 Å². The van der Waals surface area contributed by atoms with Crippen LogP contribution in [0.5, 0.6) is 0 Å². The molecule has 0 unspecified atom stereocenters. The van der Waals surface area contributed by atoms with Crippen LogP contribution in [-0.2, 0) is 9.59 Å². The van der Waals surface area contributed by atoms with E-state index in [4.69, 9.17) is 0 Å². The first-order chi connectivity index (χ1) is 5.84. The molecule has 12 heavy (non-hydrogen) atoms. The Bertz CT molecular complexity index is 166. The van der Waals surface area contributed by atoms with Gasteiger partial charge in [0, 0.05) is 19.0 Å². The van der Waals surface area contributed by atoms with Crippen molar-refractivity contribution in [3.05, 3.63) is 0 Å².